The van der Waals surface area contributed by atoms with E-state index < -0.39 is 6.04 Å². The van der Waals surface area contributed by atoms with E-state index in [-0.39, 0.29) is 18.2 Å². The average Bonchev–Trinajstić information content (AvgIpc) is 2.46. The highest BCUT2D eigenvalue weighted by Crippen LogP contribution is 2.12. The maximum absolute atomic E-state index is 12.0. The van der Waals surface area contributed by atoms with Crippen LogP contribution in [0.25, 0.3) is 0 Å². The van der Waals surface area contributed by atoms with Crippen LogP contribution in [0, 0.1) is 6.92 Å². The van der Waals surface area contributed by atoms with Crippen molar-refractivity contribution in [2.75, 3.05) is 6.61 Å². The molecule has 0 aliphatic heterocycles. The maximum Gasteiger partial charge on any atom is 0.272 e. The lowest BCUT2D eigenvalue weighted by molar-refractivity contribution is 0.0910. The fourth-order valence-electron chi connectivity index (χ4n) is 1.66. The number of hydrogen-bond donors (Lipinski definition) is 2. The molecule has 1 atom stereocenters. The van der Waals surface area contributed by atoms with Crippen molar-refractivity contribution in [3.05, 3.63) is 59.7 Å². The summed E-state index contributed by atoms with van der Waals surface area (Å²) in [5, 5.41) is 12.1. The van der Waals surface area contributed by atoms with Crippen molar-refractivity contribution >= 4 is 5.91 Å². The van der Waals surface area contributed by atoms with Crippen LogP contribution in [0.3, 0.4) is 0 Å². The second kappa shape index (κ2) is 6.06. The highest BCUT2D eigenvalue weighted by atomic mass is 16.3. The van der Waals surface area contributed by atoms with Crippen LogP contribution in [0.4, 0.5) is 0 Å². The number of nitrogens with zero attached hydrogens (tertiary/aromatic N) is 2. The number of benzene rings is 1. The number of carbonyl (C=O) groups is 1. The van der Waals surface area contributed by atoms with Crippen molar-refractivity contribution < 1.29 is 9.90 Å². The zero-order valence-corrected chi connectivity index (χ0v) is 10.6. The lowest BCUT2D eigenvalue weighted by Crippen LogP contribution is -2.31. The third-order valence-electron chi connectivity index (χ3n) is 2.70. The first kappa shape index (κ1) is 13.2. The van der Waals surface area contributed by atoms with Gasteiger partial charge < -0.3 is 10.4 Å². The van der Waals surface area contributed by atoms with E-state index in [1.807, 2.05) is 30.3 Å². The van der Waals surface area contributed by atoms with Crippen molar-refractivity contribution in [2.24, 2.45) is 0 Å². The lowest BCUT2D eigenvalue weighted by atomic mass is 10.1. The SMILES string of the molecule is Cc1cnc(C(=O)N[C@@H](CO)c2ccccc2)cn1. The maximum atomic E-state index is 12.0. The number of aliphatic hydroxyl groups excluding tert-OH is 1. The Hall–Kier alpha value is -2.27. The summed E-state index contributed by atoms with van der Waals surface area (Å²) in [5.41, 5.74) is 1.83. The van der Waals surface area contributed by atoms with Crippen LogP contribution in [0.2, 0.25) is 0 Å². The van der Waals surface area contributed by atoms with Crippen molar-refractivity contribution in [1.82, 2.24) is 15.3 Å². The predicted molar refractivity (Wildman–Crippen MR) is 70.5 cm³/mol. The van der Waals surface area contributed by atoms with Gasteiger partial charge in [0.1, 0.15) is 5.69 Å². The lowest BCUT2D eigenvalue weighted by Gasteiger charge is -2.16. The van der Waals surface area contributed by atoms with E-state index in [4.69, 9.17) is 0 Å². The molecule has 1 amide bonds. The number of aryl methyl sites for hydroxylation is 1. The molecule has 2 aromatic rings. The van der Waals surface area contributed by atoms with Gasteiger partial charge in [-0.15, -0.1) is 0 Å². The molecule has 0 aliphatic carbocycles. The second-order valence-electron chi connectivity index (χ2n) is 4.16. The third-order valence-corrected chi connectivity index (χ3v) is 2.70. The molecule has 98 valence electrons. The highest BCUT2D eigenvalue weighted by molar-refractivity contribution is 5.92. The number of amides is 1. The summed E-state index contributed by atoms with van der Waals surface area (Å²) in [4.78, 5) is 20.0. The second-order valence-corrected chi connectivity index (χ2v) is 4.16. The molecule has 19 heavy (non-hydrogen) atoms. The van der Waals surface area contributed by atoms with Gasteiger partial charge in [-0.25, -0.2) is 4.98 Å². The number of rotatable bonds is 4. The Morgan fingerprint density at radius 2 is 2.00 bits per heavy atom. The number of carbonyl (C=O) groups excluding carboxylic acids is 1. The van der Waals surface area contributed by atoms with E-state index >= 15 is 0 Å². The Balaban J connectivity index is 2.10. The van der Waals surface area contributed by atoms with Crippen molar-refractivity contribution in [2.45, 2.75) is 13.0 Å². The van der Waals surface area contributed by atoms with Crippen LogP contribution in [0.15, 0.2) is 42.7 Å². The Morgan fingerprint density at radius 3 is 2.58 bits per heavy atom. The van der Waals surface area contributed by atoms with Gasteiger partial charge in [0.05, 0.1) is 24.5 Å². The van der Waals surface area contributed by atoms with E-state index in [0.29, 0.717) is 0 Å². The Morgan fingerprint density at radius 1 is 1.26 bits per heavy atom. The van der Waals surface area contributed by atoms with E-state index in [1.165, 1.54) is 12.4 Å². The molecule has 1 heterocycles. The Bertz CT molecular complexity index is 540. The zero-order valence-electron chi connectivity index (χ0n) is 10.6. The molecule has 1 aromatic carbocycles. The molecule has 5 nitrogen and oxygen atoms in total. The van der Waals surface area contributed by atoms with Crippen LogP contribution in [0.1, 0.15) is 27.8 Å². The summed E-state index contributed by atoms with van der Waals surface area (Å²) in [6.07, 6.45) is 2.95. The van der Waals surface area contributed by atoms with Gasteiger partial charge in [-0.2, -0.15) is 0 Å². The largest absolute Gasteiger partial charge is 0.394 e. The van der Waals surface area contributed by atoms with Crippen LogP contribution in [-0.4, -0.2) is 27.6 Å². The fraction of sp³-hybridized carbons (Fsp3) is 0.214. The molecule has 2 N–H and O–H groups in total. The molecular weight excluding hydrogens is 242 g/mol. The first-order valence-electron chi connectivity index (χ1n) is 5.96. The Kier molecular flexibility index (Phi) is 4.20. The first-order chi connectivity index (χ1) is 9.20. The molecule has 5 heteroatoms. The summed E-state index contributed by atoms with van der Waals surface area (Å²) in [6.45, 7) is 1.63. The fourth-order valence-corrected chi connectivity index (χ4v) is 1.66. The van der Waals surface area contributed by atoms with Crippen LogP contribution < -0.4 is 5.32 Å². The van der Waals surface area contributed by atoms with Crippen LogP contribution in [0.5, 0.6) is 0 Å². The average molecular weight is 257 g/mol. The quantitative estimate of drug-likeness (QED) is 0.864. The van der Waals surface area contributed by atoms with Gasteiger partial charge in [0.25, 0.3) is 5.91 Å². The van der Waals surface area contributed by atoms with Gasteiger partial charge >= 0.3 is 0 Å². The summed E-state index contributed by atoms with van der Waals surface area (Å²) >= 11 is 0. The van der Waals surface area contributed by atoms with E-state index in [0.717, 1.165) is 11.3 Å². The van der Waals surface area contributed by atoms with Gasteiger partial charge in [0, 0.05) is 6.20 Å². The molecule has 0 unspecified atom stereocenters. The molecular formula is C14H15N3O2. The minimum absolute atomic E-state index is 0.172. The van der Waals surface area contributed by atoms with Crippen molar-refractivity contribution in [3.63, 3.8) is 0 Å². The summed E-state index contributed by atoms with van der Waals surface area (Å²) in [7, 11) is 0. The topological polar surface area (TPSA) is 75.1 Å². The monoisotopic (exact) mass is 257 g/mol. The summed E-state index contributed by atoms with van der Waals surface area (Å²) in [5.74, 6) is -0.351. The molecule has 0 radical (unpaired) electrons. The summed E-state index contributed by atoms with van der Waals surface area (Å²) in [6, 6.07) is 8.85. The first-order valence-corrected chi connectivity index (χ1v) is 5.96. The van der Waals surface area contributed by atoms with Gasteiger partial charge in [-0.3, -0.25) is 9.78 Å². The molecule has 0 saturated carbocycles. The number of nitrogens with one attached hydrogen (secondary N) is 1. The molecule has 2 rings (SSSR count). The number of hydrogen-bond acceptors (Lipinski definition) is 4. The van der Waals surface area contributed by atoms with Crippen LogP contribution in [-0.2, 0) is 0 Å². The van der Waals surface area contributed by atoms with E-state index in [2.05, 4.69) is 15.3 Å². The van der Waals surface area contributed by atoms with Gasteiger partial charge in [0.2, 0.25) is 0 Å². The van der Waals surface area contributed by atoms with Gasteiger partial charge in [0.15, 0.2) is 0 Å². The van der Waals surface area contributed by atoms with Crippen molar-refractivity contribution in [3.8, 4) is 0 Å². The smallest absolute Gasteiger partial charge is 0.272 e. The van der Waals surface area contributed by atoms with Crippen molar-refractivity contribution in [1.29, 1.82) is 0 Å². The molecule has 0 fully saturated rings. The molecule has 0 aliphatic rings. The standard InChI is InChI=1S/C14H15N3O2/c1-10-7-16-12(8-15-10)14(19)17-13(9-18)11-5-3-2-4-6-11/h2-8,13,18H,9H2,1H3,(H,17,19)/t13-/m0/s1. The summed E-state index contributed by atoms with van der Waals surface area (Å²) < 4.78 is 0. The third kappa shape index (κ3) is 3.35. The highest BCUT2D eigenvalue weighted by Gasteiger charge is 2.15. The molecule has 0 bridgehead atoms. The zero-order chi connectivity index (χ0) is 13.7. The molecule has 1 aromatic heterocycles. The van der Waals surface area contributed by atoms with E-state index in [1.54, 1.807) is 6.92 Å². The molecule has 0 spiro atoms. The number of aromatic nitrogens is 2. The van der Waals surface area contributed by atoms with Crippen LogP contribution >= 0.6 is 0 Å². The van der Waals surface area contributed by atoms with Gasteiger partial charge in [-0.1, -0.05) is 30.3 Å². The Labute approximate surface area is 111 Å². The predicted octanol–water partition coefficient (Wildman–Crippen LogP) is 1.25. The number of aliphatic hydroxyl groups is 1. The minimum Gasteiger partial charge on any atom is -0.394 e. The normalized spacial score (nSPS) is 11.9. The van der Waals surface area contributed by atoms with Gasteiger partial charge in [-0.05, 0) is 12.5 Å². The molecule has 0 saturated heterocycles. The van der Waals surface area contributed by atoms with E-state index in [9.17, 15) is 9.90 Å². The minimum atomic E-state index is -0.447.